The molecule has 178 valence electrons. The Morgan fingerprint density at radius 2 is 1.81 bits per heavy atom. The molecule has 0 aliphatic carbocycles. The molecule has 0 atom stereocenters. The van der Waals surface area contributed by atoms with Gasteiger partial charge in [-0.3, -0.25) is 20.1 Å². The first-order chi connectivity index (χ1) is 17.7. The lowest BCUT2D eigenvalue weighted by molar-refractivity contribution is 0.261. The molecule has 0 bridgehead atoms. The van der Waals surface area contributed by atoms with Gasteiger partial charge in [-0.2, -0.15) is 5.10 Å². The molecule has 0 aromatic carbocycles. The number of hydrogen-bond donors (Lipinski definition) is 2. The average molecular weight is 477 g/mol. The first-order valence-corrected chi connectivity index (χ1v) is 11.6. The van der Waals surface area contributed by atoms with Gasteiger partial charge in [-0.1, -0.05) is 0 Å². The van der Waals surface area contributed by atoms with Crippen molar-refractivity contribution in [1.29, 1.82) is 0 Å². The van der Waals surface area contributed by atoms with E-state index in [1.165, 1.54) is 0 Å². The van der Waals surface area contributed by atoms with Gasteiger partial charge in [0.15, 0.2) is 0 Å². The summed E-state index contributed by atoms with van der Waals surface area (Å²) < 4.78 is 5.86. The van der Waals surface area contributed by atoms with E-state index in [2.05, 4.69) is 41.1 Å². The number of aromatic nitrogens is 7. The summed E-state index contributed by atoms with van der Waals surface area (Å²) in [6.07, 6.45) is 8.89. The number of H-pyrrole nitrogens is 2. The first-order valence-electron chi connectivity index (χ1n) is 11.6. The lowest BCUT2D eigenvalue weighted by Crippen LogP contribution is -2.19. The van der Waals surface area contributed by atoms with Crippen LogP contribution in [-0.4, -0.2) is 67.3 Å². The third-order valence-electron chi connectivity index (χ3n) is 5.96. The molecule has 0 aliphatic rings. The Hall–Kier alpha value is -4.63. The number of aromatic amines is 2. The lowest BCUT2D eigenvalue weighted by Gasteiger charge is -2.11. The Morgan fingerprint density at radius 1 is 0.889 bits per heavy atom. The molecule has 0 aliphatic heterocycles. The molecular weight excluding hydrogens is 452 g/mol. The number of nitrogens with zero attached hydrogens (tertiary/aromatic N) is 6. The van der Waals surface area contributed by atoms with E-state index in [1.807, 2.05) is 56.7 Å². The first kappa shape index (κ1) is 21.9. The summed E-state index contributed by atoms with van der Waals surface area (Å²) in [5, 5.41) is 8.68. The molecule has 6 rings (SSSR count). The van der Waals surface area contributed by atoms with Crippen LogP contribution in [0.4, 0.5) is 0 Å². The highest BCUT2D eigenvalue weighted by Crippen LogP contribution is 2.33. The zero-order valence-electron chi connectivity index (χ0n) is 19.9. The van der Waals surface area contributed by atoms with Crippen molar-refractivity contribution < 1.29 is 4.74 Å². The van der Waals surface area contributed by atoms with E-state index >= 15 is 0 Å². The number of ether oxygens (including phenoxy) is 1. The van der Waals surface area contributed by atoms with E-state index in [4.69, 9.17) is 9.72 Å². The minimum Gasteiger partial charge on any atom is -0.491 e. The zero-order chi connectivity index (χ0) is 24.5. The molecule has 0 amide bonds. The molecule has 6 aromatic rings. The molecule has 0 unspecified atom stereocenters. The van der Waals surface area contributed by atoms with Crippen molar-refractivity contribution in [2.24, 2.45) is 0 Å². The maximum absolute atomic E-state index is 5.86. The van der Waals surface area contributed by atoms with Gasteiger partial charge in [0.2, 0.25) is 0 Å². The van der Waals surface area contributed by atoms with Crippen LogP contribution in [0.25, 0.3) is 55.8 Å². The van der Waals surface area contributed by atoms with Crippen LogP contribution >= 0.6 is 0 Å². The van der Waals surface area contributed by atoms with Crippen molar-refractivity contribution in [2.75, 3.05) is 27.2 Å². The van der Waals surface area contributed by atoms with Crippen molar-refractivity contribution in [1.82, 2.24) is 40.0 Å². The van der Waals surface area contributed by atoms with Crippen LogP contribution in [0.1, 0.15) is 0 Å². The van der Waals surface area contributed by atoms with Crippen LogP contribution < -0.4 is 4.74 Å². The molecule has 6 aromatic heterocycles. The zero-order valence-corrected chi connectivity index (χ0v) is 19.9. The van der Waals surface area contributed by atoms with E-state index in [1.54, 1.807) is 24.8 Å². The SMILES string of the molecule is CN(C)CCOc1cncc(-c2ccc3[nH]nc(-c4cc5c(-c6cccnc6)nccc5[nH]4)c3n2)c1. The molecule has 0 radical (unpaired) electrons. The number of pyridine rings is 4. The molecule has 0 saturated heterocycles. The average Bonchev–Trinajstić information content (AvgIpc) is 3.53. The van der Waals surface area contributed by atoms with Crippen LogP contribution in [0.5, 0.6) is 5.75 Å². The highest BCUT2D eigenvalue weighted by atomic mass is 16.5. The normalized spacial score (nSPS) is 11.5. The second kappa shape index (κ2) is 9.20. The third kappa shape index (κ3) is 4.16. The molecule has 6 heterocycles. The molecule has 9 nitrogen and oxygen atoms in total. The summed E-state index contributed by atoms with van der Waals surface area (Å²) in [6.45, 7) is 1.42. The predicted octanol–water partition coefficient (Wildman–Crippen LogP) is 4.57. The van der Waals surface area contributed by atoms with Crippen LogP contribution in [-0.2, 0) is 0 Å². The molecule has 0 saturated carbocycles. The Balaban J connectivity index is 1.38. The van der Waals surface area contributed by atoms with Crippen molar-refractivity contribution in [2.45, 2.75) is 0 Å². The van der Waals surface area contributed by atoms with E-state index in [-0.39, 0.29) is 0 Å². The second-order valence-electron chi connectivity index (χ2n) is 8.77. The third-order valence-corrected chi connectivity index (χ3v) is 5.96. The summed E-state index contributed by atoms with van der Waals surface area (Å²) in [7, 11) is 4.03. The molecule has 0 spiro atoms. The Bertz CT molecular complexity index is 1660. The summed E-state index contributed by atoms with van der Waals surface area (Å²) in [5.41, 5.74) is 7.70. The van der Waals surface area contributed by atoms with E-state index in [0.717, 1.165) is 68.1 Å². The fourth-order valence-electron chi connectivity index (χ4n) is 4.15. The maximum atomic E-state index is 5.86. The van der Waals surface area contributed by atoms with Gasteiger partial charge in [-0.15, -0.1) is 0 Å². The lowest BCUT2D eigenvalue weighted by atomic mass is 10.1. The van der Waals surface area contributed by atoms with Gasteiger partial charge in [-0.25, -0.2) is 4.98 Å². The monoisotopic (exact) mass is 476 g/mol. The summed E-state index contributed by atoms with van der Waals surface area (Å²) in [5.74, 6) is 0.717. The van der Waals surface area contributed by atoms with Gasteiger partial charge in [-0.05, 0) is 56.6 Å². The number of nitrogens with one attached hydrogen (secondary N) is 2. The maximum Gasteiger partial charge on any atom is 0.138 e. The van der Waals surface area contributed by atoms with E-state index < -0.39 is 0 Å². The molecular formula is C27H24N8O. The van der Waals surface area contributed by atoms with E-state index in [9.17, 15) is 0 Å². The van der Waals surface area contributed by atoms with Crippen molar-refractivity contribution >= 4 is 21.9 Å². The van der Waals surface area contributed by atoms with Gasteiger partial charge in [0.25, 0.3) is 0 Å². The van der Waals surface area contributed by atoms with Crippen LogP contribution in [0.3, 0.4) is 0 Å². The Kier molecular flexibility index (Phi) is 5.59. The van der Waals surface area contributed by atoms with Gasteiger partial charge < -0.3 is 14.6 Å². The summed E-state index contributed by atoms with van der Waals surface area (Å²) in [4.78, 5) is 23.7. The van der Waals surface area contributed by atoms with Crippen LogP contribution in [0.15, 0.2) is 73.4 Å². The Labute approximate surface area is 207 Å². The fourth-order valence-corrected chi connectivity index (χ4v) is 4.15. The molecule has 2 N–H and O–H groups in total. The van der Waals surface area contributed by atoms with Gasteiger partial charge >= 0.3 is 0 Å². The van der Waals surface area contributed by atoms with Crippen LogP contribution in [0, 0.1) is 0 Å². The van der Waals surface area contributed by atoms with Gasteiger partial charge in [0.05, 0.1) is 28.8 Å². The molecule has 9 heteroatoms. The van der Waals surface area contributed by atoms with Crippen molar-refractivity contribution in [3.05, 3.63) is 73.4 Å². The van der Waals surface area contributed by atoms with Gasteiger partial charge in [0.1, 0.15) is 23.6 Å². The predicted molar refractivity (Wildman–Crippen MR) is 139 cm³/mol. The quantitative estimate of drug-likeness (QED) is 0.348. The summed E-state index contributed by atoms with van der Waals surface area (Å²) in [6, 6.07) is 13.8. The number of likely N-dealkylation sites (N-methyl/N-ethyl adjacent to an activating group) is 1. The minimum absolute atomic E-state index is 0.590. The van der Waals surface area contributed by atoms with Crippen LogP contribution in [0.2, 0.25) is 0 Å². The fraction of sp³-hybridized carbons (Fsp3) is 0.148. The van der Waals surface area contributed by atoms with Gasteiger partial charge in [0, 0.05) is 53.4 Å². The standard InChI is InChI=1S/C27H24N8O/c1-35(2)10-11-36-19-12-18(15-29-16-19)21-5-6-23-26(32-21)27(34-33-23)24-13-20-22(31-24)7-9-30-25(20)17-4-3-8-28-14-17/h3-9,12-16,31H,10-11H2,1-2H3,(H,33,34). The molecule has 36 heavy (non-hydrogen) atoms. The Morgan fingerprint density at radius 3 is 2.67 bits per heavy atom. The van der Waals surface area contributed by atoms with E-state index in [0.29, 0.717) is 6.61 Å². The largest absolute Gasteiger partial charge is 0.491 e. The number of rotatable bonds is 7. The molecule has 0 fully saturated rings. The smallest absolute Gasteiger partial charge is 0.138 e. The van der Waals surface area contributed by atoms with Crippen molar-refractivity contribution in [3.8, 4) is 39.7 Å². The highest BCUT2D eigenvalue weighted by Gasteiger charge is 2.16. The second-order valence-corrected chi connectivity index (χ2v) is 8.77. The topological polar surface area (TPSA) is 109 Å². The number of hydrogen-bond acceptors (Lipinski definition) is 7. The number of fused-ring (bicyclic) bond motifs is 2. The summed E-state index contributed by atoms with van der Waals surface area (Å²) >= 11 is 0. The van der Waals surface area contributed by atoms with Crippen molar-refractivity contribution in [3.63, 3.8) is 0 Å². The highest BCUT2D eigenvalue weighted by molar-refractivity contribution is 5.99. The minimum atomic E-state index is 0.590.